The summed E-state index contributed by atoms with van der Waals surface area (Å²) in [6.45, 7) is 0.854. The van der Waals surface area contributed by atoms with Gasteiger partial charge in [0.15, 0.2) is 0 Å². The molecule has 13 heavy (non-hydrogen) atoms. The summed E-state index contributed by atoms with van der Waals surface area (Å²) in [5.74, 6) is 0.138. The van der Waals surface area contributed by atoms with Gasteiger partial charge in [-0.15, -0.1) is 0 Å². The van der Waals surface area contributed by atoms with Gasteiger partial charge < -0.3 is 0 Å². The third-order valence-corrected chi connectivity index (χ3v) is 2.78. The van der Waals surface area contributed by atoms with E-state index in [1.807, 2.05) is 17.1 Å². The summed E-state index contributed by atoms with van der Waals surface area (Å²) < 4.78 is 0. The van der Waals surface area contributed by atoms with Crippen molar-refractivity contribution in [3.8, 4) is 0 Å². The molecule has 1 atom stereocenters. The molecule has 2 aliphatic heterocycles. The van der Waals surface area contributed by atoms with Gasteiger partial charge in [0.25, 0.3) is 0 Å². The van der Waals surface area contributed by atoms with Crippen molar-refractivity contribution < 1.29 is 4.79 Å². The van der Waals surface area contributed by atoms with Gasteiger partial charge in [-0.2, -0.15) is 0 Å². The molecule has 3 heteroatoms. The van der Waals surface area contributed by atoms with E-state index in [2.05, 4.69) is 17.6 Å². The molecule has 1 N–H and O–H groups in total. The Hall–Kier alpha value is -1.35. The summed E-state index contributed by atoms with van der Waals surface area (Å²) in [7, 11) is 0. The summed E-state index contributed by atoms with van der Waals surface area (Å²) in [4.78, 5) is 11.1. The lowest BCUT2D eigenvalue weighted by Gasteiger charge is -2.12. The topological polar surface area (TPSA) is 32.3 Å². The SMILES string of the molecule is O=C1CC2c3ccccc3CN2N1. The highest BCUT2D eigenvalue weighted by Gasteiger charge is 2.37. The molecule has 66 valence electrons. The highest BCUT2D eigenvalue weighted by atomic mass is 16.2. The molecule has 1 aromatic carbocycles. The first-order valence-electron chi connectivity index (χ1n) is 4.48. The van der Waals surface area contributed by atoms with Gasteiger partial charge in [-0.3, -0.25) is 10.2 Å². The lowest BCUT2D eigenvalue weighted by molar-refractivity contribution is -0.121. The Kier molecular flexibility index (Phi) is 1.27. The third-order valence-electron chi connectivity index (χ3n) is 2.78. The van der Waals surface area contributed by atoms with Gasteiger partial charge in [-0.25, -0.2) is 5.01 Å². The molecule has 1 aromatic rings. The second-order valence-corrected chi connectivity index (χ2v) is 3.58. The van der Waals surface area contributed by atoms with Crippen LogP contribution in [0.15, 0.2) is 24.3 Å². The summed E-state index contributed by atoms with van der Waals surface area (Å²) in [5, 5.41) is 2.02. The monoisotopic (exact) mass is 174 g/mol. The fourth-order valence-corrected chi connectivity index (χ4v) is 2.18. The van der Waals surface area contributed by atoms with Gasteiger partial charge >= 0.3 is 0 Å². The first kappa shape index (κ1) is 7.09. The van der Waals surface area contributed by atoms with Crippen molar-refractivity contribution in [3.05, 3.63) is 35.4 Å². The zero-order chi connectivity index (χ0) is 8.84. The van der Waals surface area contributed by atoms with Crippen LogP contribution in [-0.4, -0.2) is 10.9 Å². The van der Waals surface area contributed by atoms with Crippen LogP contribution in [0.3, 0.4) is 0 Å². The normalized spacial score (nSPS) is 25.5. The molecule has 0 saturated carbocycles. The van der Waals surface area contributed by atoms with Crippen molar-refractivity contribution >= 4 is 5.91 Å². The van der Waals surface area contributed by atoms with Gasteiger partial charge in [0, 0.05) is 13.0 Å². The second kappa shape index (κ2) is 2.33. The lowest BCUT2D eigenvalue weighted by Crippen LogP contribution is -2.30. The fourth-order valence-electron chi connectivity index (χ4n) is 2.18. The number of amides is 1. The number of fused-ring (bicyclic) bond motifs is 3. The van der Waals surface area contributed by atoms with Crippen LogP contribution < -0.4 is 5.43 Å². The molecule has 3 rings (SSSR count). The van der Waals surface area contributed by atoms with Crippen LogP contribution in [0.4, 0.5) is 0 Å². The van der Waals surface area contributed by atoms with E-state index < -0.39 is 0 Å². The molecule has 2 heterocycles. The van der Waals surface area contributed by atoms with E-state index in [0.717, 1.165) is 6.54 Å². The van der Waals surface area contributed by atoms with Crippen LogP contribution in [0.25, 0.3) is 0 Å². The summed E-state index contributed by atoms with van der Waals surface area (Å²) in [6, 6.07) is 8.59. The number of benzene rings is 1. The average Bonchev–Trinajstić information content (AvgIpc) is 2.60. The zero-order valence-corrected chi connectivity index (χ0v) is 7.16. The molecule has 0 aromatic heterocycles. The van der Waals surface area contributed by atoms with Crippen LogP contribution >= 0.6 is 0 Å². The maximum atomic E-state index is 11.1. The number of rotatable bonds is 0. The lowest BCUT2D eigenvalue weighted by atomic mass is 10.0. The zero-order valence-electron chi connectivity index (χ0n) is 7.16. The number of hydrogen-bond acceptors (Lipinski definition) is 2. The minimum atomic E-state index is 0.138. The quantitative estimate of drug-likeness (QED) is 0.635. The molecule has 0 spiro atoms. The maximum absolute atomic E-state index is 11.1. The number of carbonyl (C=O) groups excluding carboxylic acids is 1. The Morgan fingerprint density at radius 3 is 3.15 bits per heavy atom. The third kappa shape index (κ3) is 0.906. The van der Waals surface area contributed by atoms with E-state index in [4.69, 9.17) is 0 Å². The van der Waals surface area contributed by atoms with Crippen molar-refractivity contribution in [1.82, 2.24) is 10.4 Å². The Labute approximate surface area is 76.3 Å². The molecule has 1 saturated heterocycles. The smallest absolute Gasteiger partial charge is 0.236 e. The molecule has 2 aliphatic rings. The molecule has 1 fully saturated rings. The summed E-state index contributed by atoms with van der Waals surface area (Å²) >= 11 is 0. The van der Waals surface area contributed by atoms with Crippen LogP contribution in [0.5, 0.6) is 0 Å². The average molecular weight is 174 g/mol. The predicted octanol–water partition coefficient (Wildman–Crippen LogP) is 0.978. The molecular weight excluding hydrogens is 164 g/mol. The number of hydrogen-bond donors (Lipinski definition) is 1. The first-order chi connectivity index (χ1) is 6.34. The summed E-state index contributed by atoms with van der Waals surface area (Å²) in [5.41, 5.74) is 5.50. The van der Waals surface area contributed by atoms with Gasteiger partial charge in [-0.1, -0.05) is 24.3 Å². The van der Waals surface area contributed by atoms with E-state index in [1.54, 1.807) is 0 Å². The molecule has 1 amide bonds. The molecule has 1 unspecified atom stereocenters. The van der Waals surface area contributed by atoms with Crippen molar-refractivity contribution in [2.75, 3.05) is 0 Å². The van der Waals surface area contributed by atoms with Crippen molar-refractivity contribution in [2.24, 2.45) is 0 Å². The highest BCUT2D eigenvalue weighted by Crippen LogP contribution is 2.37. The first-order valence-corrected chi connectivity index (χ1v) is 4.48. The molecule has 0 radical (unpaired) electrons. The minimum absolute atomic E-state index is 0.138. The Balaban J connectivity index is 2.06. The maximum Gasteiger partial charge on any atom is 0.236 e. The minimum Gasteiger partial charge on any atom is -0.288 e. The summed E-state index contributed by atoms with van der Waals surface area (Å²) in [6.07, 6.45) is 0.608. The van der Waals surface area contributed by atoms with Crippen molar-refractivity contribution in [1.29, 1.82) is 0 Å². The van der Waals surface area contributed by atoms with Crippen molar-refractivity contribution in [3.63, 3.8) is 0 Å². The van der Waals surface area contributed by atoms with Gasteiger partial charge in [0.05, 0.1) is 6.04 Å². The van der Waals surface area contributed by atoms with Crippen LogP contribution in [-0.2, 0) is 11.3 Å². The number of carbonyl (C=O) groups is 1. The standard InChI is InChI=1S/C10H10N2O/c13-10-5-9-8-4-2-1-3-7(8)6-12(9)11-10/h1-4,9H,5-6H2,(H,11,13). The Bertz CT molecular complexity index is 375. The predicted molar refractivity (Wildman–Crippen MR) is 47.5 cm³/mol. The van der Waals surface area contributed by atoms with E-state index in [0.29, 0.717) is 6.42 Å². The van der Waals surface area contributed by atoms with E-state index in [-0.39, 0.29) is 11.9 Å². The Morgan fingerprint density at radius 2 is 2.23 bits per heavy atom. The second-order valence-electron chi connectivity index (χ2n) is 3.58. The molecule has 0 aliphatic carbocycles. The molecular formula is C10H10N2O. The Morgan fingerprint density at radius 1 is 1.38 bits per heavy atom. The number of nitrogens with zero attached hydrogens (tertiary/aromatic N) is 1. The van der Waals surface area contributed by atoms with Crippen LogP contribution in [0.1, 0.15) is 23.6 Å². The van der Waals surface area contributed by atoms with Gasteiger partial charge in [0.1, 0.15) is 0 Å². The van der Waals surface area contributed by atoms with E-state index >= 15 is 0 Å². The molecule has 3 nitrogen and oxygen atoms in total. The van der Waals surface area contributed by atoms with E-state index in [9.17, 15) is 4.79 Å². The molecule has 0 bridgehead atoms. The van der Waals surface area contributed by atoms with Gasteiger partial charge in [0.2, 0.25) is 5.91 Å². The van der Waals surface area contributed by atoms with Crippen LogP contribution in [0.2, 0.25) is 0 Å². The van der Waals surface area contributed by atoms with Gasteiger partial charge in [-0.05, 0) is 11.1 Å². The van der Waals surface area contributed by atoms with Crippen LogP contribution in [0, 0.1) is 0 Å². The highest BCUT2D eigenvalue weighted by molar-refractivity contribution is 5.79. The number of hydrazine groups is 1. The van der Waals surface area contributed by atoms with E-state index in [1.165, 1.54) is 11.1 Å². The van der Waals surface area contributed by atoms with Crippen molar-refractivity contribution in [2.45, 2.75) is 19.0 Å². The largest absolute Gasteiger partial charge is 0.288 e. The fraction of sp³-hybridized carbons (Fsp3) is 0.300. The number of nitrogens with one attached hydrogen (secondary N) is 1.